The molecule has 0 aliphatic carbocycles. The average Bonchev–Trinajstić information content (AvgIpc) is 2.59. The largest absolute Gasteiger partial charge is 0.316 e. The van der Waals surface area contributed by atoms with Gasteiger partial charge in [0.15, 0.2) is 0 Å². The van der Waals surface area contributed by atoms with Crippen LogP contribution in [0.5, 0.6) is 0 Å². The van der Waals surface area contributed by atoms with E-state index in [4.69, 9.17) is 0 Å². The van der Waals surface area contributed by atoms with Gasteiger partial charge in [-0.2, -0.15) is 15.0 Å². The highest BCUT2D eigenvalue weighted by atomic mass is 15.5. The average molecular weight is 166 g/mol. The standard InChI is InChI=1S/C8H14N4/c1-2-8(6-9-3-1)7-12-10-4-5-11-12/h4-5,8-9H,1-3,6-7H2. The topological polar surface area (TPSA) is 42.7 Å². The fraction of sp³-hybridized carbons (Fsp3) is 0.750. The Morgan fingerprint density at radius 3 is 2.92 bits per heavy atom. The Morgan fingerprint density at radius 2 is 2.25 bits per heavy atom. The smallest absolute Gasteiger partial charge is 0.0693 e. The predicted molar refractivity (Wildman–Crippen MR) is 45.6 cm³/mol. The summed E-state index contributed by atoms with van der Waals surface area (Å²) < 4.78 is 0. The van der Waals surface area contributed by atoms with Gasteiger partial charge in [-0.05, 0) is 31.8 Å². The summed E-state index contributed by atoms with van der Waals surface area (Å²) in [7, 11) is 0. The third kappa shape index (κ3) is 1.82. The Morgan fingerprint density at radius 1 is 1.42 bits per heavy atom. The van der Waals surface area contributed by atoms with Crippen molar-refractivity contribution in [3.63, 3.8) is 0 Å². The first-order chi connectivity index (χ1) is 5.95. The predicted octanol–water partition coefficient (Wildman–Crippen LogP) is 0.278. The zero-order valence-corrected chi connectivity index (χ0v) is 7.11. The number of piperidine rings is 1. The van der Waals surface area contributed by atoms with E-state index in [0.717, 1.165) is 13.1 Å². The number of aromatic nitrogens is 3. The van der Waals surface area contributed by atoms with Gasteiger partial charge in [-0.15, -0.1) is 0 Å². The third-order valence-corrected chi connectivity index (χ3v) is 2.29. The molecule has 1 N–H and O–H groups in total. The summed E-state index contributed by atoms with van der Waals surface area (Å²) >= 11 is 0. The van der Waals surface area contributed by atoms with Crippen LogP contribution in [0.4, 0.5) is 0 Å². The van der Waals surface area contributed by atoms with E-state index in [1.807, 2.05) is 0 Å². The Bertz CT molecular complexity index is 213. The lowest BCUT2D eigenvalue weighted by Gasteiger charge is -2.21. The normalized spacial score (nSPS) is 24.2. The Kier molecular flexibility index (Phi) is 2.36. The van der Waals surface area contributed by atoms with Gasteiger partial charge < -0.3 is 5.32 Å². The molecule has 0 aromatic carbocycles. The summed E-state index contributed by atoms with van der Waals surface area (Å²) in [6, 6.07) is 0. The van der Waals surface area contributed by atoms with E-state index >= 15 is 0 Å². The number of nitrogens with one attached hydrogen (secondary N) is 1. The molecule has 0 saturated carbocycles. The van der Waals surface area contributed by atoms with Gasteiger partial charge >= 0.3 is 0 Å². The maximum absolute atomic E-state index is 4.09. The molecule has 4 nitrogen and oxygen atoms in total. The Labute approximate surface area is 72.0 Å². The van der Waals surface area contributed by atoms with Crippen molar-refractivity contribution in [1.82, 2.24) is 20.3 Å². The van der Waals surface area contributed by atoms with E-state index in [2.05, 4.69) is 15.5 Å². The molecule has 0 amide bonds. The molecule has 2 rings (SSSR count). The van der Waals surface area contributed by atoms with Crippen LogP contribution in [0, 0.1) is 5.92 Å². The second-order valence-electron chi connectivity index (χ2n) is 3.30. The van der Waals surface area contributed by atoms with Crippen LogP contribution in [0.15, 0.2) is 12.4 Å². The SMILES string of the molecule is c1cnn(CC2CCCNC2)n1. The minimum Gasteiger partial charge on any atom is -0.316 e. The molecule has 1 aliphatic rings. The molecule has 66 valence electrons. The second kappa shape index (κ2) is 3.67. The highest BCUT2D eigenvalue weighted by Gasteiger charge is 2.13. The van der Waals surface area contributed by atoms with E-state index in [0.29, 0.717) is 5.92 Å². The van der Waals surface area contributed by atoms with E-state index in [-0.39, 0.29) is 0 Å². The molecule has 0 bridgehead atoms. The van der Waals surface area contributed by atoms with Crippen molar-refractivity contribution < 1.29 is 0 Å². The first kappa shape index (κ1) is 7.73. The van der Waals surface area contributed by atoms with Gasteiger partial charge in [0.05, 0.1) is 18.9 Å². The fourth-order valence-corrected chi connectivity index (χ4v) is 1.65. The van der Waals surface area contributed by atoms with Crippen LogP contribution < -0.4 is 5.32 Å². The van der Waals surface area contributed by atoms with Crippen molar-refractivity contribution in [2.24, 2.45) is 5.92 Å². The van der Waals surface area contributed by atoms with Crippen molar-refractivity contribution in [2.45, 2.75) is 19.4 Å². The van der Waals surface area contributed by atoms with Gasteiger partial charge in [-0.25, -0.2) is 0 Å². The summed E-state index contributed by atoms with van der Waals surface area (Å²) in [5.74, 6) is 0.714. The molecule has 1 saturated heterocycles. The molecule has 1 unspecified atom stereocenters. The van der Waals surface area contributed by atoms with Gasteiger partial charge in [0.1, 0.15) is 0 Å². The van der Waals surface area contributed by atoms with Crippen LogP contribution in [0.3, 0.4) is 0 Å². The molecule has 1 fully saturated rings. The summed E-state index contributed by atoms with van der Waals surface area (Å²) in [6.07, 6.45) is 6.05. The zero-order valence-electron chi connectivity index (χ0n) is 7.11. The van der Waals surface area contributed by atoms with Crippen LogP contribution in [-0.4, -0.2) is 28.1 Å². The molecule has 0 spiro atoms. The van der Waals surface area contributed by atoms with Gasteiger partial charge in [0, 0.05) is 0 Å². The molecule has 12 heavy (non-hydrogen) atoms. The first-order valence-electron chi connectivity index (χ1n) is 4.50. The maximum atomic E-state index is 4.09. The molecule has 0 radical (unpaired) electrons. The van der Waals surface area contributed by atoms with Crippen molar-refractivity contribution in [3.8, 4) is 0 Å². The second-order valence-corrected chi connectivity index (χ2v) is 3.30. The molecule has 1 atom stereocenters. The fourth-order valence-electron chi connectivity index (χ4n) is 1.65. The van der Waals surface area contributed by atoms with E-state index in [1.54, 1.807) is 17.2 Å². The minimum atomic E-state index is 0.714. The van der Waals surface area contributed by atoms with E-state index in [1.165, 1.54) is 19.4 Å². The van der Waals surface area contributed by atoms with Crippen LogP contribution in [0.1, 0.15) is 12.8 Å². The lowest BCUT2D eigenvalue weighted by Crippen LogP contribution is -2.32. The molecular formula is C8H14N4. The molecule has 1 aromatic rings. The molecule has 1 aliphatic heterocycles. The number of hydrogen-bond donors (Lipinski definition) is 1. The van der Waals surface area contributed by atoms with Crippen molar-refractivity contribution >= 4 is 0 Å². The quantitative estimate of drug-likeness (QED) is 0.686. The van der Waals surface area contributed by atoms with Gasteiger partial charge in [0.25, 0.3) is 0 Å². The highest BCUT2D eigenvalue weighted by molar-refractivity contribution is 4.69. The molecule has 2 heterocycles. The Balaban J connectivity index is 1.86. The number of rotatable bonds is 2. The Hall–Kier alpha value is -0.900. The summed E-state index contributed by atoms with van der Waals surface area (Å²) in [6.45, 7) is 3.24. The summed E-state index contributed by atoms with van der Waals surface area (Å²) in [4.78, 5) is 1.78. The summed E-state index contributed by atoms with van der Waals surface area (Å²) in [5.41, 5.74) is 0. The number of hydrogen-bond acceptors (Lipinski definition) is 3. The van der Waals surface area contributed by atoms with Gasteiger partial charge in [0.2, 0.25) is 0 Å². The number of nitrogens with zero attached hydrogens (tertiary/aromatic N) is 3. The highest BCUT2D eigenvalue weighted by Crippen LogP contribution is 2.10. The van der Waals surface area contributed by atoms with Gasteiger partial charge in [-0.3, -0.25) is 0 Å². The maximum Gasteiger partial charge on any atom is 0.0693 e. The van der Waals surface area contributed by atoms with Gasteiger partial charge in [-0.1, -0.05) is 0 Å². The van der Waals surface area contributed by atoms with Crippen molar-refractivity contribution in [2.75, 3.05) is 13.1 Å². The van der Waals surface area contributed by atoms with Crippen LogP contribution in [-0.2, 0) is 6.54 Å². The third-order valence-electron chi connectivity index (χ3n) is 2.29. The van der Waals surface area contributed by atoms with Crippen LogP contribution >= 0.6 is 0 Å². The van der Waals surface area contributed by atoms with Crippen LogP contribution in [0.25, 0.3) is 0 Å². The minimum absolute atomic E-state index is 0.714. The van der Waals surface area contributed by atoms with E-state index < -0.39 is 0 Å². The van der Waals surface area contributed by atoms with Crippen molar-refractivity contribution in [1.29, 1.82) is 0 Å². The molecular weight excluding hydrogens is 152 g/mol. The summed E-state index contributed by atoms with van der Waals surface area (Å²) in [5, 5.41) is 11.6. The lowest BCUT2D eigenvalue weighted by molar-refractivity contribution is 0.309. The van der Waals surface area contributed by atoms with Crippen molar-refractivity contribution in [3.05, 3.63) is 12.4 Å². The molecule has 4 heteroatoms. The van der Waals surface area contributed by atoms with E-state index in [9.17, 15) is 0 Å². The molecule has 1 aromatic heterocycles. The monoisotopic (exact) mass is 166 g/mol. The lowest BCUT2D eigenvalue weighted by atomic mass is 10.0. The van der Waals surface area contributed by atoms with Crippen LogP contribution in [0.2, 0.25) is 0 Å². The first-order valence-corrected chi connectivity index (χ1v) is 4.50. The zero-order chi connectivity index (χ0) is 8.23.